The molecule has 0 saturated heterocycles. The summed E-state index contributed by atoms with van der Waals surface area (Å²) in [6.07, 6.45) is -0.00877. The van der Waals surface area contributed by atoms with E-state index in [0.717, 1.165) is 19.3 Å². The Morgan fingerprint density at radius 2 is 1.45 bits per heavy atom. The van der Waals surface area contributed by atoms with Crippen molar-refractivity contribution >= 4 is 5.97 Å². The van der Waals surface area contributed by atoms with E-state index in [-0.39, 0.29) is 6.42 Å². The van der Waals surface area contributed by atoms with Gasteiger partial charge in [0.05, 0.1) is 6.61 Å². The molecular weight excluding hydrogens is 292 g/mol. The first-order valence-electron chi connectivity index (χ1n) is 7.92. The zero-order chi connectivity index (χ0) is 17.0. The van der Waals surface area contributed by atoms with Crippen molar-refractivity contribution < 1.29 is 35.1 Å². The third-order valence-electron chi connectivity index (χ3n) is 3.47. The monoisotopic (exact) mass is 322 g/mol. The van der Waals surface area contributed by atoms with Crippen LogP contribution in [0.15, 0.2) is 0 Å². The van der Waals surface area contributed by atoms with Crippen molar-refractivity contribution in [2.24, 2.45) is 0 Å². The topological polar surface area (TPSA) is 127 Å². The maximum absolute atomic E-state index is 11.5. The van der Waals surface area contributed by atoms with Crippen LogP contribution in [-0.4, -0.2) is 69.1 Å². The van der Waals surface area contributed by atoms with Crippen molar-refractivity contribution in [2.45, 2.75) is 76.3 Å². The molecule has 7 nitrogen and oxygen atoms in total. The summed E-state index contributed by atoms with van der Waals surface area (Å²) in [7, 11) is 0. The summed E-state index contributed by atoms with van der Waals surface area (Å²) in [4.78, 5) is 11.5. The van der Waals surface area contributed by atoms with Gasteiger partial charge < -0.3 is 30.3 Å². The van der Waals surface area contributed by atoms with Gasteiger partial charge in [-0.15, -0.1) is 0 Å². The molecule has 0 aliphatic carbocycles. The van der Waals surface area contributed by atoms with E-state index in [1.807, 2.05) is 0 Å². The zero-order valence-electron chi connectivity index (χ0n) is 13.2. The summed E-state index contributed by atoms with van der Waals surface area (Å²) in [5.74, 6) is -0.473. The van der Waals surface area contributed by atoms with Crippen molar-refractivity contribution in [3.8, 4) is 0 Å². The Morgan fingerprint density at radius 3 is 2.05 bits per heavy atom. The highest BCUT2D eigenvalue weighted by Gasteiger charge is 2.30. The van der Waals surface area contributed by atoms with Crippen molar-refractivity contribution in [1.29, 1.82) is 0 Å². The molecule has 0 amide bonds. The number of hydrogen-bond donors (Lipinski definition) is 5. The minimum Gasteiger partial charge on any atom is -0.463 e. The van der Waals surface area contributed by atoms with Crippen LogP contribution in [0.2, 0.25) is 0 Å². The molecule has 4 atom stereocenters. The molecule has 0 unspecified atom stereocenters. The lowest BCUT2D eigenvalue weighted by Gasteiger charge is -2.25. The maximum Gasteiger partial charge on any atom is 0.305 e. The highest BCUT2D eigenvalue weighted by Crippen LogP contribution is 2.09. The van der Waals surface area contributed by atoms with Crippen LogP contribution in [0, 0.1) is 0 Å². The number of carbonyl (C=O) groups excluding carboxylic acids is 1. The number of ether oxygens (including phenoxy) is 1. The SMILES string of the molecule is CCCCCCCCC(=O)OC[C@H](O)[C@H](O)[C@@H](O)[C@@H](O)CO. The van der Waals surface area contributed by atoms with Gasteiger partial charge in [0.2, 0.25) is 0 Å². The smallest absolute Gasteiger partial charge is 0.305 e. The first-order chi connectivity index (χ1) is 10.4. The van der Waals surface area contributed by atoms with Gasteiger partial charge in [-0.25, -0.2) is 0 Å². The van der Waals surface area contributed by atoms with Gasteiger partial charge in [0, 0.05) is 6.42 Å². The van der Waals surface area contributed by atoms with E-state index in [9.17, 15) is 20.1 Å². The first kappa shape index (κ1) is 21.3. The fourth-order valence-corrected chi connectivity index (χ4v) is 1.96. The quantitative estimate of drug-likeness (QED) is 0.233. The molecule has 0 rings (SSSR count). The van der Waals surface area contributed by atoms with E-state index < -0.39 is 43.6 Å². The number of hydrogen-bond acceptors (Lipinski definition) is 7. The Labute approximate surface area is 131 Å². The largest absolute Gasteiger partial charge is 0.463 e. The van der Waals surface area contributed by atoms with E-state index in [1.54, 1.807) is 0 Å². The summed E-state index contributed by atoms with van der Waals surface area (Å²) >= 11 is 0. The van der Waals surface area contributed by atoms with Gasteiger partial charge in [0.1, 0.15) is 31.0 Å². The fourth-order valence-electron chi connectivity index (χ4n) is 1.96. The van der Waals surface area contributed by atoms with Crippen LogP contribution in [0.3, 0.4) is 0 Å². The summed E-state index contributed by atoms with van der Waals surface area (Å²) in [5, 5.41) is 46.3. The van der Waals surface area contributed by atoms with E-state index >= 15 is 0 Å². The highest BCUT2D eigenvalue weighted by molar-refractivity contribution is 5.69. The molecule has 0 aliphatic heterocycles. The summed E-state index contributed by atoms with van der Waals surface area (Å²) in [6.45, 7) is 0.918. The second-order valence-corrected chi connectivity index (χ2v) is 5.50. The van der Waals surface area contributed by atoms with Crippen LogP contribution in [0.1, 0.15) is 51.9 Å². The van der Waals surface area contributed by atoms with Crippen molar-refractivity contribution in [3.63, 3.8) is 0 Å². The second-order valence-electron chi connectivity index (χ2n) is 5.50. The number of rotatable bonds is 13. The minimum absolute atomic E-state index is 0.247. The van der Waals surface area contributed by atoms with Crippen LogP contribution in [-0.2, 0) is 9.53 Å². The third-order valence-corrected chi connectivity index (χ3v) is 3.47. The van der Waals surface area contributed by atoms with Crippen molar-refractivity contribution in [2.75, 3.05) is 13.2 Å². The van der Waals surface area contributed by atoms with Gasteiger partial charge in [-0.3, -0.25) is 4.79 Å². The van der Waals surface area contributed by atoms with Crippen molar-refractivity contribution in [1.82, 2.24) is 0 Å². The molecular formula is C15H30O7. The van der Waals surface area contributed by atoms with Gasteiger partial charge in [-0.1, -0.05) is 39.0 Å². The molecule has 0 radical (unpaired) electrons. The Bertz CT molecular complexity index is 285. The van der Waals surface area contributed by atoms with Gasteiger partial charge >= 0.3 is 5.97 Å². The highest BCUT2D eigenvalue weighted by atomic mass is 16.5. The molecule has 22 heavy (non-hydrogen) atoms. The Hall–Kier alpha value is -0.730. The number of carbonyl (C=O) groups is 1. The van der Waals surface area contributed by atoms with Crippen LogP contribution in [0.4, 0.5) is 0 Å². The van der Waals surface area contributed by atoms with E-state index in [2.05, 4.69) is 6.92 Å². The van der Waals surface area contributed by atoms with Crippen molar-refractivity contribution in [3.05, 3.63) is 0 Å². The molecule has 0 aromatic carbocycles. The number of aliphatic hydroxyl groups is 5. The number of esters is 1. The van der Waals surface area contributed by atoms with Gasteiger partial charge in [0.15, 0.2) is 0 Å². The molecule has 0 spiro atoms. The lowest BCUT2D eigenvalue weighted by Crippen LogP contribution is -2.47. The molecule has 0 heterocycles. The molecule has 0 aromatic rings. The second kappa shape index (κ2) is 12.8. The van der Waals surface area contributed by atoms with Crippen LogP contribution in [0.5, 0.6) is 0 Å². The summed E-state index contributed by atoms with van der Waals surface area (Å²) in [5.41, 5.74) is 0. The van der Waals surface area contributed by atoms with Gasteiger partial charge in [-0.2, -0.15) is 0 Å². The molecule has 132 valence electrons. The number of aliphatic hydroxyl groups excluding tert-OH is 5. The molecule has 0 aliphatic rings. The van der Waals surface area contributed by atoms with E-state index in [4.69, 9.17) is 14.9 Å². The molecule has 0 bridgehead atoms. The summed E-state index contributed by atoms with van der Waals surface area (Å²) in [6, 6.07) is 0. The summed E-state index contributed by atoms with van der Waals surface area (Å²) < 4.78 is 4.81. The predicted octanol–water partition coefficient (Wildman–Crippen LogP) is -0.284. The Balaban J connectivity index is 3.80. The third kappa shape index (κ3) is 9.32. The van der Waals surface area contributed by atoms with Crippen LogP contribution in [0.25, 0.3) is 0 Å². The average molecular weight is 322 g/mol. The molecule has 7 heteroatoms. The number of unbranched alkanes of at least 4 members (excludes halogenated alkanes) is 5. The lowest BCUT2D eigenvalue weighted by atomic mass is 10.0. The van der Waals surface area contributed by atoms with E-state index in [1.165, 1.54) is 12.8 Å². The fraction of sp³-hybridized carbons (Fsp3) is 0.933. The van der Waals surface area contributed by atoms with E-state index in [0.29, 0.717) is 6.42 Å². The Kier molecular flexibility index (Phi) is 12.4. The molecule has 0 fully saturated rings. The van der Waals surface area contributed by atoms with Crippen LogP contribution < -0.4 is 0 Å². The molecule has 0 aromatic heterocycles. The van der Waals surface area contributed by atoms with Gasteiger partial charge in [-0.05, 0) is 6.42 Å². The lowest BCUT2D eigenvalue weighted by molar-refractivity contribution is -0.156. The molecule has 5 N–H and O–H groups in total. The first-order valence-corrected chi connectivity index (χ1v) is 7.92. The van der Waals surface area contributed by atoms with Gasteiger partial charge in [0.25, 0.3) is 0 Å². The minimum atomic E-state index is -1.71. The Morgan fingerprint density at radius 1 is 0.909 bits per heavy atom. The average Bonchev–Trinajstić information content (AvgIpc) is 2.53. The molecule has 0 saturated carbocycles. The van der Waals surface area contributed by atoms with Crippen LogP contribution >= 0.6 is 0 Å². The normalized spacial score (nSPS) is 16.8. The zero-order valence-corrected chi connectivity index (χ0v) is 13.2. The maximum atomic E-state index is 11.5. The predicted molar refractivity (Wildman–Crippen MR) is 80.1 cm³/mol. The standard InChI is InChI=1S/C15H30O7/c1-2-3-4-5-6-7-8-13(19)22-10-12(18)15(21)14(20)11(17)9-16/h11-12,14-18,20-21H,2-10H2,1H3/t11-,12-,14-,15-/m0/s1.